The molecule has 2 aliphatic carbocycles. The summed E-state index contributed by atoms with van der Waals surface area (Å²) in [6.45, 7) is 8.80. The van der Waals surface area contributed by atoms with Crippen molar-refractivity contribution < 1.29 is 76.3 Å². The average molecular weight is 843 g/mol. The maximum atomic E-state index is 14.1. The molecule has 5 heterocycles. The van der Waals surface area contributed by atoms with Crippen LogP contribution in [-0.4, -0.2) is 164 Å². The van der Waals surface area contributed by atoms with Gasteiger partial charge >= 0.3 is 11.9 Å². The summed E-state index contributed by atoms with van der Waals surface area (Å²) in [6, 6.07) is 0. The van der Waals surface area contributed by atoms with Gasteiger partial charge in [0.2, 0.25) is 0 Å². The first-order valence-electron chi connectivity index (χ1n) is 21.9. The molecule has 59 heavy (non-hydrogen) atoms. The molecule has 0 radical (unpaired) electrons. The van der Waals surface area contributed by atoms with E-state index in [1.54, 1.807) is 28.4 Å². The highest BCUT2D eigenvalue weighted by molar-refractivity contribution is 5.71. The number of rotatable bonds is 11. The lowest BCUT2D eigenvalue weighted by Crippen LogP contribution is -2.58. The van der Waals surface area contributed by atoms with Crippen LogP contribution in [0.1, 0.15) is 79.1 Å². The predicted octanol–water partition coefficient (Wildman–Crippen LogP) is 3.20. The molecule has 1 N–H and O–H groups in total. The molecule has 0 aromatic heterocycles. The van der Waals surface area contributed by atoms with Crippen molar-refractivity contribution >= 4 is 11.9 Å². The van der Waals surface area contributed by atoms with Gasteiger partial charge in [-0.3, -0.25) is 9.59 Å². The molecule has 22 atom stereocenters. The van der Waals surface area contributed by atoms with Crippen molar-refractivity contribution in [3.8, 4) is 0 Å². The number of esters is 2. The van der Waals surface area contributed by atoms with Crippen LogP contribution < -0.4 is 0 Å². The van der Waals surface area contributed by atoms with Gasteiger partial charge in [0.25, 0.3) is 0 Å². The first-order valence-corrected chi connectivity index (χ1v) is 21.9. The molecule has 5 aliphatic heterocycles. The smallest absolute Gasteiger partial charge is 0.308 e. The lowest BCUT2D eigenvalue weighted by atomic mass is 9.85. The SMILES string of the molecule is COC1COC(O[C@H]2C[C@H]3C[C@@H]([C@H]4C[C@@H]4C)OC(=O)C[C@@H]4O[C@@H](C[C@H](OC5OCC(OC)C(OC)C5OC)[C@H]4C)C[C@@H]([C@H]4C[C@@H]4C)OC(=O)C[C@H](O3)[C@@H]2C)C(O)C1OC. The van der Waals surface area contributed by atoms with E-state index in [0.29, 0.717) is 37.5 Å². The van der Waals surface area contributed by atoms with Crippen LogP contribution in [-0.2, 0) is 71.2 Å². The zero-order valence-corrected chi connectivity index (χ0v) is 36.3. The fourth-order valence-electron chi connectivity index (χ4n) is 10.4. The molecular weight excluding hydrogens is 772 g/mol. The van der Waals surface area contributed by atoms with E-state index in [9.17, 15) is 14.7 Å². The molecule has 0 spiro atoms. The summed E-state index contributed by atoms with van der Waals surface area (Å²) in [7, 11) is 7.91. The van der Waals surface area contributed by atoms with Crippen molar-refractivity contribution in [2.45, 2.75) is 177 Å². The number of hydrogen-bond donors (Lipinski definition) is 1. The summed E-state index contributed by atoms with van der Waals surface area (Å²) in [4.78, 5) is 28.1. The van der Waals surface area contributed by atoms with E-state index in [-0.39, 0.29) is 80.0 Å². The highest BCUT2D eigenvalue weighted by Crippen LogP contribution is 2.47. The van der Waals surface area contributed by atoms with Crippen LogP contribution in [0.25, 0.3) is 0 Å². The molecule has 7 fully saturated rings. The number of carbonyl (C=O) groups is 2. The molecule has 338 valence electrons. The Hall–Kier alpha value is -1.54. The highest BCUT2D eigenvalue weighted by Gasteiger charge is 2.51. The van der Waals surface area contributed by atoms with Gasteiger partial charge in [0.1, 0.15) is 48.8 Å². The second-order valence-corrected chi connectivity index (χ2v) is 18.4. The normalized spacial score (nSPS) is 49.7. The number of cyclic esters (lactones) is 2. The van der Waals surface area contributed by atoms with Crippen molar-refractivity contribution in [1.82, 2.24) is 0 Å². The number of hydrogen-bond acceptors (Lipinski definition) is 16. The van der Waals surface area contributed by atoms with Crippen molar-refractivity contribution in [2.24, 2.45) is 35.5 Å². The Morgan fingerprint density at radius 1 is 0.508 bits per heavy atom. The van der Waals surface area contributed by atoms with E-state index in [4.69, 9.17) is 61.6 Å². The fourth-order valence-corrected chi connectivity index (χ4v) is 10.4. The van der Waals surface area contributed by atoms with Crippen LogP contribution in [0.15, 0.2) is 0 Å². The zero-order valence-electron chi connectivity index (χ0n) is 36.3. The number of aliphatic hydroxyl groups excluding tert-OH is 1. The van der Waals surface area contributed by atoms with Gasteiger partial charge in [-0.2, -0.15) is 0 Å². The van der Waals surface area contributed by atoms with Crippen molar-refractivity contribution in [3.05, 3.63) is 0 Å². The van der Waals surface area contributed by atoms with Crippen LogP contribution in [0.5, 0.6) is 0 Å². The van der Waals surface area contributed by atoms with Gasteiger partial charge in [0, 0.05) is 73.1 Å². The lowest BCUT2D eigenvalue weighted by molar-refractivity contribution is -0.309. The number of aliphatic hydroxyl groups is 1. The Kier molecular flexibility index (Phi) is 15.3. The molecule has 16 heteroatoms. The second-order valence-electron chi connectivity index (χ2n) is 18.4. The van der Waals surface area contributed by atoms with E-state index in [0.717, 1.165) is 12.8 Å². The minimum Gasteiger partial charge on any atom is -0.462 e. The lowest BCUT2D eigenvalue weighted by Gasteiger charge is -2.46. The minimum absolute atomic E-state index is 0.0113. The minimum atomic E-state index is -1.10. The largest absolute Gasteiger partial charge is 0.462 e. The second kappa shape index (κ2) is 19.9. The summed E-state index contributed by atoms with van der Waals surface area (Å²) in [5.74, 6) is -0.0292. The fraction of sp³-hybridized carbons (Fsp3) is 0.953. The summed E-state index contributed by atoms with van der Waals surface area (Å²) < 4.78 is 80.1. The zero-order chi connectivity index (χ0) is 42.1. The Balaban J connectivity index is 1.12. The number of ether oxygens (including phenoxy) is 13. The maximum absolute atomic E-state index is 14.1. The van der Waals surface area contributed by atoms with E-state index in [1.165, 1.54) is 7.11 Å². The number of carbonyl (C=O) groups excluding carboxylic acids is 2. The molecule has 0 aromatic carbocycles. The third-order valence-corrected chi connectivity index (χ3v) is 14.5. The summed E-state index contributed by atoms with van der Waals surface area (Å²) in [5.41, 5.74) is 0. The molecule has 8 unspecified atom stereocenters. The van der Waals surface area contributed by atoms with Crippen LogP contribution >= 0.6 is 0 Å². The Labute approximate surface area is 349 Å². The molecule has 7 aliphatic rings. The van der Waals surface area contributed by atoms with Crippen LogP contribution in [0.4, 0.5) is 0 Å². The Morgan fingerprint density at radius 3 is 1.36 bits per heavy atom. The van der Waals surface area contributed by atoms with E-state index >= 15 is 0 Å². The van der Waals surface area contributed by atoms with Crippen LogP contribution in [0, 0.1) is 35.5 Å². The molecule has 4 bridgehead atoms. The first kappa shape index (κ1) is 45.5. The predicted molar refractivity (Wildman–Crippen MR) is 207 cm³/mol. The molecule has 0 amide bonds. The Bertz CT molecular complexity index is 1390. The highest BCUT2D eigenvalue weighted by atomic mass is 16.7. The quantitative estimate of drug-likeness (QED) is 0.300. The topological polar surface area (TPSA) is 174 Å². The van der Waals surface area contributed by atoms with Gasteiger partial charge < -0.3 is 66.7 Å². The van der Waals surface area contributed by atoms with Crippen LogP contribution in [0.2, 0.25) is 0 Å². The van der Waals surface area contributed by atoms with Gasteiger partial charge in [-0.05, 0) is 36.5 Å². The molecule has 2 saturated carbocycles. The van der Waals surface area contributed by atoms with E-state index < -0.39 is 79.7 Å². The summed E-state index contributed by atoms with van der Waals surface area (Å²) in [5, 5.41) is 11.2. The van der Waals surface area contributed by atoms with E-state index in [1.807, 2.05) is 13.8 Å². The summed E-state index contributed by atoms with van der Waals surface area (Å²) in [6.07, 6.45) is -4.91. The van der Waals surface area contributed by atoms with E-state index in [2.05, 4.69) is 13.8 Å². The number of methoxy groups -OCH3 is 5. The third kappa shape index (κ3) is 10.5. The maximum Gasteiger partial charge on any atom is 0.308 e. The molecule has 5 saturated heterocycles. The van der Waals surface area contributed by atoms with Crippen molar-refractivity contribution in [1.29, 1.82) is 0 Å². The standard InChI is InChI=1S/C43H70O16/c1-20-10-26(20)32-14-24-12-28(58-42-38(46)39(49-7)34(47-5)18-52-42)22(3)30(54-24)16-36(44)57-33(27-11-21(27)2)15-25-13-29(23(4)31(55-25)17-37(45)56-32)59-43-41(51-9)40(50-8)35(48-6)19-53-43/h20-35,38-43,46H,10-19H2,1-9H3/t20-,21-,22+,23+,24-,25-,26-,27-,28-,29-,30-,31-,32-,33-,34?,35?,38?,39?,40?,41?,42?,43?/m0/s1. The first-order chi connectivity index (χ1) is 28.3. The van der Waals surface area contributed by atoms with Gasteiger partial charge in [0.05, 0.1) is 62.7 Å². The van der Waals surface area contributed by atoms with Gasteiger partial charge in [-0.25, -0.2) is 0 Å². The van der Waals surface area contributed by atoms with Crippen LogP contribution in [0.3, 0.4) is 0 Å². The average Bonchev–Trinajstić information content (AvgIpc) is 4.14. The van der Waals surface area contributed by atoms with Gasteiger partial charge in [-0.1, -0.05) is 27.7 Å². The third-order valence-electron chi connectivity index (χ3n) is 14.5. The molecular formula is C43H70O16. The number of fused-ring (bicyclic) bond motifs is 4. The monoisotopic (exact) mass is 842 g/mol. The molecule has 7 rings (SSSR count). The van der Waals surface area contributed by atoms with Gasteiger partial charge in [0.15, 0.2) is 12.6 Å². The van der Waals surface area contributed by atoms with Crippen molar-refractivity contribution in [3.63, 3.8) is 0 Å². The van der Waals surface area contributed by atoms with Gasteiger partial charge in [-0.15, -0.1) is 0 Å². The Morgan fingerprint density at radius 2 is 0.932 bits per heavy atom. The van der Waals surface area contributed by atoms with Crippen molar-refractivity contribution in [2.75, 3.05) is 48.8 Å². The molecule has 0 aromatic rings. The molecule has 16 nitrogen and oxygen atoms in total. The summed E-state index contributed by atoms with van der Waals surface area (Å²) >= 11 is 0.